The van der Waals surface area contributed by atoms with E-state index in [4.69, 9.17) is 0 Å². The highest BCUT2D eigenvalue weighted by molar-refractivity contribution is 7.90. The summed E-state index contributed by atoms with van der Waals surface area (Å²) in [7, 11) is 0.927. The molecule has 0 bridgehead atoms. The summed E-state index contributed by atoms with van der Waals surface area (Å²) in [5.74, 6) is 0.595. The number of amides is 2. The summed E-state index contributed by atoms with van der Waals surface area (Å²) in [6.07, 6.45) is 8.94. The Morgan fingerprint density at radius 3 is 2.29 bits per heavy atom. The van der Waals surface area contributed by atoms with Crippen LogP contribution in [0.1, 0.15) is 49.7 Å². The molecule has 7 nitrogen and oxygen atoms in total. The van der Waals surface area contributed by atoms with E-state index in [9.17, 15) is 13.2 Å². The molecule has 3 aliphatic rings. The Hall–Kier alpha value is -2.45. The maximum Gasteiger partial charge on any atom is 0.325 e. The van der Waals surface area contributed by atoms with Crippen LogP contribution in [0.15, 0.2) is 47.6 Å². The second-order valence-corrected chi connectivity index (χ2v) is 13.0. The zero-order chi connectivity index (χ0) is 25.0. The number of carbonyl (C=O) groups excluding carboxylic acids is 1. The summed E-state index contributed by atoms with van der Waals surface area (Å²) in [4.78, 5) is 24.4. The molecule has 1 saturated heterocycles. The van der Waals surface area contributed by atoms with Gasteiger partial charge in [0.15, 0.2) is 14.9 Å². The number of urea groups is 1. The van der Waals surface area contributed by atoms with E-state index in [-0.39, 0.29) is 22.1 Å². The predicted octanol–water partition coefficient (Wildman–Crippen LogP) is 4.22. The minimum Gasteiger partial charge on any atom is -0.317 e. The lowest BCUT2D eigenvalue weighted by atomic mass is 9.68. The fourth-order valence-corrected chi connectivity index (χ4v) is 6.76. The number of nitrogens with zero attached hydrogens (tertiary/aromatic N) is 4. The van der Waals surface area contributed by atoms with Crippen molar-refractivity contribution in [2.45, 2.75) is 61.6 Å². The third-order valence-electron chi connectivity index (χ3n) is 8.53. The van der Waals surface area contributed by atoms with Crippen molar-refractivity contribution in [2.75, 3.05) is 38.3 Å². The summed E-state index contributed by atoms with van der Waals surface area (Å²) in [6, 6.07) is 12.4. The first-order valence-corrected chi connectivity index (χ1v) is 14.4. The highest BCUT2D eigenvalue weighted by Gasteiger charge is 2.55. The van der Waals surface area contributed by atoms with Crippen LogP contribution in [-0.2, 0) is 15.4 Å². The van der Waals surface area contributed by atoms with Gasteiger partial charge in [-0.1, -0.05) is 30.3 Å². The Balaban J connectivity index is 1.47. The first-order chi connectivity index (χ1) is 16.6. The summed E-state index contributed by atoms with van der Waals surface area (Å²) in [5.41, 5.74) is 2.57. The highest BCUT2D eigenvalue weighted by Crippen LogP contribution is 2.50. The second-order valence-electron chi connectivity index (χ2n) is 11.0. The molecule has 2 amide bonds. The SMILES string of the molecule is Cc1cc(S(C)(=O)=O)ncc1N1CC2(CCC(c3ccccc3)(N(C)C)CC2)N(CC2CC2)C1=O. The lowest BCUT2D eigenvalue weighted by molar-refractivity contribution is 0.0249. The van der Waals surface area contributed by atoms with Crippen LogP contribution in [0.25, 0.3) is 0 Å². The first-order valence-electron chi connectivity index (χ1n) is 12.5. The highest BCUT2D eigenvalue weighted by atomic mass is 32.2. The van der Waals surface area contributed by atoms with E-state index >= 15 is 0 Å². The van der Waals surface area contributed by atoms with Crippen molar-refractivity contribution < 1.29 is 13.2 Å². The number of aromatic nitrogens is 1. The van der Waals surface area contributed by atoms with Crippen LogP contribution < -0.4 is 4.90 Å². The van der Waals surface area contributed by atoms with Gasteiger partial charge in [0, 0.05) is 18.3 Å². The fourth-order valence-electron chi connectivity index (χ4n) is 6.12. The van der Waals surface area contributed by atoms with Crippen molar-refractivity contribution in [3.63, 3.8) is 0 Å². The Morgan fingerprint density at radius 2 is 1.74 bits per heavy atom. The average molecular weight is 497 g/mol. The monoisotopic (exact) mass is 496 g/mol. The summed E-state index contributed by atoms with van der Waals surface area (Å²) in [6.45, 7) is 3.30. The maximum absolute atomic E-state index is 13.8. The lowest BCUT2D eigenvalue weighted by Gasteiger charge is -2.51. The minimum atomic E-state index is -3.40. The van der Waals surface area contributed by atoms with Gasteiger partial charge in [-0.15, -0.1) is 0 Å². The number of hydrogen-bond donors (Lipinski definition) is 0. The van der Waals surface area contributed by atoms with Crippen LogP contribution >= 0.6 is 0 Å². The number of sulfone groups is 1. The third-order valence-corrected chi connectivity index (χ3v) is 9.51. The molecule has 2 saturated carbocycles. The van der Waals surface area contributed by atoms with Gasteiger partial charge in [-0.25, -0.2) is 18.2 Å². The van der Waals surface area contributed by atoms with Gasteiger partial charge in [0.05, 0.1) is 24.0 Å². The fraction of sp³-hybridized carbons (Fsp3) is 0.556. The van der Waals surface area contributed by atoms with Crippen LogP contribution in [0, 0.1) is 12.8 Å². The van der Waals surface area contributed by atoms with Gasteiger partial charge in [-0.2, -0.15) is 0 Å². The third kappa shape index (κ3) is 4.25. The molecule has 0 atom stereocenters. The number of carbonyl (C=O) groups is 1. The van der Waals surface area contributed by atoms with Crippen molar-refractivity contribution in [1.29, 1.82) is 0 Å². The molecule has 0 radical (unpaired) electrons. The zero-order valence-electron chi connectivity index (χ0n) is 21.2. The van der Waals surface area contributed by atoms with Gasteiger partial charge in [-0.3, -0.25) is 9.80 Å². The molecule has 1 spiro atoms. The van der Waals surface area contributed by atoms with Gasteiger partial charge >= 0.3 is 6.03 Å². The molecule has 1 aliphatic heterocycles. The molecule has 2 heterocycles. The number of rotatable bonds is 6. The zero-order valence-corrected chi connectivity index (χ0v) is 22.0. The van der Waals surface area contributed by atoms with E-state index in [2.05, 4.69) is 59.2 Å². The summed E-state index contributed by atoms with van der Waals surface area (Å²) >= 11 is 0. The maximum atomic E-state index is 13.8. The van der Waals surface area contributed by atoms with Gasteiger partial charge < -0.3 is 4.90 Å². The molecule has 188 valence electrons. The first kappa shape index (κ1) is 24.3. The van der Waals surface area contributed by atoms with E-state index in [1.807, 2.05) is 11.8 Å². The molecule has 1 aromatic carbocycles. The predicted molar refractivity (Wildman–Crippen MR) is 137 cm³/mol. The number of benzene rings is 1. The quantitative estimate of drug-likeness (QED) is 0.599. The van der Waals surface area contributed by atoms with Gasteiger partial charge in [0.2, 0.25) is 0 Å². The van der Waals surface area contributed by atoms with Crippen molar-refractivity contribution in [2.24, 2.45) is 5.92 Å². The number of hydrogen-bond acceptors (Lipinski definition) is 5. The Morgan fingerprint density at radius 1 is 1.09 bits per heavy atom. The van der Waals surface area contributed by atoms with Gasteiger partial charge in [-0.05, 0) is 82.7 Å². The molecule has 0 unspecified atom stereocenters. The van der Waals surface area contributed by atoms with Crippen LogP contribution in [-0.4, -0.2) is 68.2 Å². The van der Waals surface area contributed by atoms with E-state index in [1.54, 1.807) is 12.3 Å². The Bertz CT molecular complexity index is 1220. The lowest BCUT2D eigenvalue weighted by Crippen LogP contribution is -2.55. The molecule has 35 heavy (non-hydrogen) atoms. The molecule has 0 N–H and O–H groups in total. The van der Waals surface area contributed by atoms with Crippen LogP contribution in [0.3, 0.4) is 0 Å². The smallest absolute Gasteiger partial charge is 0.317 e. The minimum absolute atomic E-state index is 0.0333. The van der Waals surface area contributed by atoms with Crippen molar-refractivity contribution in [1.82, 2.24) is 14.8 Å². The Labute approximate surface area is 209 Å². The molecule has 8 heteroatoms. The summed E-state index contributed by atoms with van der Waals surface area (Å²) < 4.78 is 24.0. The number of pyridine rings is 1. The van der Waals surface area contributed by atoms with E-state index in [1.165, 1.54) is 18.4 Å². The summed E-state index contributed by atoms with van der Waals surface area (Å²) in [5, 5.41) is 0.0474. The molecule has 3 fully saturated rings. The van der Waals surface area contributed by atoms with Gasteiger partial charge in [0.25, 0.3) is 0 Å². The van der Waals surface area contributed by atoms with E-state index in [0.29, 0.717) is 18.2 Å². The molecular weight excluding hydrogens is 460 g/mol. The standard InChI is InChI=1S/C27H36N4O3S/c1-20-16-24(35(4,33)34)28-17-23(20)30-19-26(31(25(30)32)18-21-10-11-21)12-14-27(15-13-26,29(2)3)22-8-6-5-7-9-22/h5-9,16-17,21H,10-15,18-19H2,1-4H3. The topological polar surface area (TPSA) is 73.8 Å². The molecule has 1 aromatic heterocycles. The van der Waals surface area contributed by atoms with E-state index < -0.39 is 9.84 Å². The van der Waals surface area contributed by atoms with Crippen molar-refractivity contribution >= 4 is 21.6 Å². The van der Waals surface area contributed by atoms with Crippen molar-refractivity contribution in [3.8, 4) is 0 Å². The number of anilines is 1. The Kier molecular flexibility index (Phi) is 5.95. The second kappa shape index (κ2) is 8.59. The van der Waals surface area contributed by atoms with Crippen LogP contribution in [0.2, 0.25) is 0 Å². The molecule has 2 aromatic rings. The van der Waals surface area contributed by atoms with E-state index in [0.717, 1.165) is 44.0 Å². The normalized spacial score (nSPS) is 27.3. The van der Waals surface area contributed by atoms with Gasteiger partial charge in [0.1, 0.15) is 0 Å². The molecule has 2 aliphatic carbocycles. The van der Waals surface area contributed by atoms with Crippen LogP contribution in [0.5, 0.6) is 0 Å². The average Bonchev–Trinajstić information content (AvgIpc) is 3.61. The molecular formula is C27H36N4O3S. The largest absolute Gasteiger partial charge is 0.325 e. The van der Waals surface area contributed by atoms with Crippen molar-refractivity contribution in [3.05, 3.63) is 53.7 Å². The van der Waals surface area contributed by atoms with Crippen LogP contribution in [0.4, 0.5) is 10.5 Å². The number of aryl methyl sites for hydroxylation is 1. The molecule has 5 rings (SSSR count).